The normalized spacial score (nSPS) is 12.5. The van der Waals surface area contributed by atoms with E-state index < -0.39 is 30.9 Å². The number of aromatic nitrogens is 2. The van der Waals surface area contributed by atoms with Gasteiger partial charge in [-0.05, 0) is 0 Å². The maximum Gasteiger partial charge on any atom is 0.356 e. The molecule has 0 aliphatic rings. The Morgan fingerprint density at radius 3 is 2.53 bits per heavy atom. The number of hydrogen-bond donors (Lipinski definition) is 2. The molecule has 1 aromatic rings. The van der Waals surface area contributed by atoms with E-state index in [1.54, 1.807) is 0 Å². The zero-order valence-corrected chi connectivity index (χ0v) is 11.6. The van der Waals surface area contributed by atoms with Gasteiger partial charge in [-0.15, -0.1) is 0 Å². The van der Waals surface area contributed by atoms with Crippen molar-refractivity contribution in [2.75, 3.05) is 17.9 Å². The highest BCUT2D eigenvalue weighted by Crippen LogP contribution is 1.96. The Hall–Kier alpha value is -1.46. The van der Waals surface area contributed by atoms with E-state index in [0.717, 1.165) is 6.26 Å². The molecule has 0 aromatic carbocycles. The number of carbonyl (C=O) groups is 1. The second kappa shape index (κ2) is 5.67. The van der Waals surface area contributed by atoms with Crippen LogP contribution in [0.1, 0.15) is 10.5 Å². The monoisotopic (exact) mass is 311 g/mol. The Labute approximate surface area is 110 Å². The fraction of sp³-hybridized carbons (Fsp3) is 0.500. The molecule has 0 unspecified atom stereocenters. The van der Waals surface area contributed by atoms with E-state index in [9.17, 15) is 21.6 Å². The first-order chi connectivity index (χ1) is 8.59. The van der Waals surface area contributed by atoms with Crippen LogP contribution >= 0.6 is 0 Å². The topological polar surface area (TPSA) is 135 Å². The average Bonchev–Trinajstić information content (AvgIpc) is 2.61. The van der Waals surface area contributed by atoms with Crippen molar-refractivity contribution in [2.24, 2.45) is 0 Å². The molecule has 0 aliphatic carbocycles. The molecule has 1 rings (SSSR count). The van der Waals surface area contributed by atoms with Gasteiger partial charge in [-0.1, -0.05) is 0 Å². The molecule has 0 bridgehead atoms. The molecule has 0 aliphatic heterocycles. The third-order valence-corrected chi connectivity index (χ3v) is 5.51. The highest BCUT2D eigenvalue weighted by molar-refractivity contribution is 8.06. The summed E-state index contributed by atoms with van der Waals surface area (Å²) in [5.74, 6) is -1.18. The fourth-order valence-electron chi connectivity index (χ4n) is 1.25. The van der Waals surface area contributed by atoms with Crippen LogP contribution in [0.5, 0.6) is 0 Å². The summed E-state index contributed by atoms with van der Waals surface area (Å²) >= 11 is 0. The fourth-order valence-corrected chi connectivity index (χ4v) is 4.24. The third kappa shape index (κ3) is 5.81. The molecule has 11 heteroatoms. The summed E-state index contributed by atoms with van der Waals surface area (Å²) in [5.41, 5.74) is -0.154. The summed E-state index contributed by atoms with van der Waals surface area (Å²) in [6.07, 6.45) is 3.31. The Bertz CT molecular complexity index is 660. The minimum atomic E-state index is -3.91. The zero-order chi connectivity index (χ0) is 14.7. The van der Waals surface area contributed by atoms with E-state index in [0.29, 0.717) is 0 Å². The molecule has 1 heterocycles. The number of sulfonamides is 1. The average molecular weight is 311 g/mol. The number of rotatable bonds is 7. The Morgan fingerprint density at radius 2 is 2.05 bits per heavy atom. The van der Waals surface area contributed by atoms with Crippen LogP contribution in [0.25, 0.3) is 0 Å². The molecule has 0 fully saturated rings. The summed E-state index contributed by atoms with van der Waals surface area (Å²) in [6, 6.07) is 0. The molecular weight excluding hydrogens is 298 g/mol. The van der Waals surface area contributed by atoms with Gasteiger partial charge in [0.05, 0.1) is 6.33 Å². The van der Waals surface area contributed by atoms with Crippen LogP contribution in [-0.2, 0) is 26.4 Å². The van der Waals surface area contributed by atoms with Gasteiger partial charge >= 0.3 is 5.97 Å². The van der Waals surface area contributed by atoms with Crippen LogP contribution in [0.15, 0.2) is 12.5 Å². The number of carboxylic acids is 1. The third-order valence-electron chi connectivity index (χ3n) is 1.91. The van der Waals surface area contributed by atoms with Gasteiger partial charge in [-0.25, -0.2) is 31.3 Å². The lowest BCUT2D eigenvalue weighted by Crippen LogP contribution is -2.32. The quantitative estimate of drug-likeness (QED) is 0.625. The molecule has 0 amide bonds. The van der Waals surface area contributed by atoms with Crippen molar-refractivity contribution in [3.63, 3.8) is 0 Å². The van der Waals surface area contributed by atoms with Crippen LogP contribution in [-0.4, -0.2) is 55.3 Å². The van der Waals surface area contributed by atoms with Gasteiger partial charge in [0.2, 0.25) is 10.0 Å². The molecule has 0 saturated heterocycles. The van der Waals surface area contributed by atoms with E-state index in [2.05, 4.69) is 9.71 Å². The molecule has 0 radical (unpaired) electrons. The molecule has 0 atom stereocenters. The zero-order valence-electron chi connectivity index (χ0n) is 9.98. The summed E-state index contributed by atoms with van der Waals surface area (Å²) in [4.78, 5) is 14.1. The Kier molecular flexibility index (Phi) is 4.66. The largest absolute Gasteiger partial charge is 0.476 e. The van der Waals surface area contributed by atoms with Crippen molar-refractivity contribution in [3.8, 4) is 0 Å². The van der Waals surface area contributed by atoms with Crippen molar-refractivity contribution in [2.45, 2.75) is 6.54 Å². The number of imidazole rings is 1. The second-order valence-corrected chi connectivity index (χ2v) is 8.17. The lowest BCUT2D eigenvalue weighted by Gasteiger charge is -2.05. The van der Waals surface area contributed by atoms with E-state index in [1.807, 2.05) is 0 Å². The molecular formula is C8H13N3O6S2. The molecule has 19 heavy (non-hydrogen) atoms. The SMILES string of the molecule is CS(=O)(=O)CS(=O)(=O)NCCn1cnc(C(=O)O)c1. The summed E-state index contributed by atoms with van der Waals surface area (Å²) < 4.78 is 47.9. The van der Waals surface area contributed by atoms with Gasteiger partial charge in [-0.3, -0.25) is 0 Å². The summed E-state index contributed by atoms with van der Waals surface area (Å²) in [6.45, 7) is 0.0799. The van der Waals surface area contributed by atoms with Crippen LogP contribution < -0.4 is 4.72 Å². The van der Waals surface area contributed by atoms with Gasteiger partial charge in [-0.2, -0.15) is 0 Å². The van der Waals surface area contributed by atoms with Crippen molar-refractivity contribution in [3.05, 3.63) is 18.2 Å². The van der Waals surface area contributed by atoms with E-state index >= 15 is 0 Å². The lowest BCUT2D eigenvalue weighted by atomic mass is 10.5. The molecule has 0 spiro atoms. The Morgan fingerprint density at radius 1 is 1.42 bits per heavy atom. The summed E-state index contributed by atoms with van der Waals surface area (Å²) in [7, 11) is -7.54. The molecule has 1 aromatic heterocycles. The van der Waals surface area contributed by atoms with Crippen molar-refractivity contribution in [1.29, 1.82) is 0 Å². The predicted molar refractivity (Wildman–Crippen MR) is 65.8 cm³/mol. The van der Waals surface area contributed by atoms with E-state index in [-0.39, 0.29) is 18.8 Å². The van der Waals surface area contributed by atoms with Crippen molar-refractivity contribution in [1.82, 2.24) is 14.3 Å². The van der Waals surface area contributed by atoms with Gasteiger partial charge in [0.1, 0.15) is 0 Å². The number of sulfone groups is 1. The van der Waals surface area contributed by atoms with Crippen LogP contribution in [0.3, 0.4) is 0 Å². The highest BCUT2D eigenvalue weighted by Gasteiger charge is 2.17. The van der Waals surface area contributed by atoms with Crippen molar-refractivity contribution < 1.29 is 26.7 Å². The van der Waals surface area contributed by atoms with E-state index in [4.69, 9.17) is 5.11 Å². The number of nitrogens with one attached hydrogen (secondary N) is 1. The van der Waals surface area contributed by atoms with Crippen molar-refractivity contribution >= 4 is 25.8 Å². The molecule has 0 saturated carbocycles. The first kappa shape index (κ1) is 15.6. The molecule has 108 valence electrons. The number of carboxylic acid groups (broad SMARTS) is 1. The maximum absolute atomic E-state index is 11.3. The smallest absolute Gasteiger partial charge is 0.356 e. The Balaban J connectivity index is 2.52. The standard InChI is InChI=1S/C8H13N3O6S2/c1-18(14,15)6-19(16,17)10-2-3-11-4-7(8(12)13)9-5-11/h4-5,10H,2-3,6H2,1H3,(H,12,13). The van der Waals surface area contributed by atoms with E-state index in [1.165, 1.54) is 17.1 Å². The van der Waals surface area contributed by atoms with Gasteiger partial charge < -0.3 is 9.67 Å². The maximum atomic E-state index is 11.3. The minimum absolute atomic E-state index is 0.0622. The molecule has 9 nitrogen and oxygen atoms in total. The first-order valence-electron chi connectivity index (χ1n) is 4.99. The number of nitrogens with zero attached hydrogens (tertiary/aromatic N) is 2. The second-order valence-electron chi connectivity index (χ2n) is 3.85. The van der Waals surface area contributed by atoms with Gasteiger partial charge in [0.25, 0.3) is 0 Å². The lowest BCUT2D eigenvalue weighted by molar-refractivity contribution is 0.0691. The summed E-state index contributed by atoms with van der Waals surface area (Å²) in [5, 5.41) is 7.64. The molecule has 2 N–H and O–H groups in total. The predicted octanol–water partition coefficient (Wildman–Crippen LogP) is -1.50. The minimum Gasteiger partial charge on any atom is -0.476 e. The van der Waals surface area contributed by atoms with Gasteiger partial charge in [0, 0.05) is 25.5 Å². The van der Waals surface area contributed by atoms with Gasteiger partial charge in [0.15, 0.2) is 20.6 Å². The number of aromatic carboxylic acids is 1. The van der Waals surface area contributed by atoms with Crippen LogP contribution in [0.2, 0.25) is 0 Å². The highest BCUT2D eigenvalue weighted by atomic mass is 32.3. The number of hydrogen-bond acceptors (Lipinski definition) is 6. The first-order valence-corrected chi connectivity index (χ1v) is 8.70. The van der Waals surface area contributed by atoms with Crippen LogP contribution in [0, 0.1) is 0 Å². The van der Waals surface area contributed by atoms with Crippen LogP contribution in [0.4, 0.5) is 0 Å².